The Bertz CT molecular complexity index is 1030. The number of benzene rings is 2. The molecule has 0 unspecified atom stereocenters. The SMILES string of the molecule is CC(C)(C)c1ccc(/C=C/C(=O)Nn2cnc3ccccc3c2=O)cc1. The van der Waals surface area contributed by atoms with E-state index in [9.17, 15) is 9.59 Å². The fraction of sp³-hybridized carbons (Fsp3) is 0.190. The van der Waals surface area contributed by atoms with Gasteiger partial charge in [0.25, 0.3) is 11.5 Å². The molecule has 5 heteroatoms. The smallest absolute Gasteiger partial charge is 0.268 e. The second-order valence-corrected chi connectivity index (χ2v) is 7.12. The van der Waals surface area contributed by atoms with Gasteiger partial charge in [-0.25, -0.2) is 9.66 Å². The molecule has 0 aliphatic heterocycles. The molecule has 1 amide bonds. The third-order valence-electron chi connectivity index (χ3n) is 4.10. The quantitative estimate of drug-likeness (QED) is 0.738. The zero-order chi connectivity index (χ0) is 18.7. The Hall–Kier alpha value is -3.21. The topological polar surface area (TPSA) is 64.0 Å². The molecule has 2 aromatic carbocycles. The van der Waals surface area contributed by atoms with Gasteiger partial charge in [0.1, 0.15) is 6.33 Å². The maximum atomic E-state index is 12.4. The summed E-state index contributed by atoms with van der Waals surface area (Å²) in [4.78, 5) is 28.6. The fourth-order valence-corrected chi connectivity index (χ4v) is 2.57. The molecule has 0 saturated carbocycles. The average molecular weight is 347 g/mol. The van der Waals surface area contributed by atoms with Gasteiger partial charge >= 0.3 is 0 Å². The summed E-state index contributed by atoms with van der Waals surface area (Å²) in [6.45, 7) is 6.46. The number of hydrogen-bond acceptors (Lipinski definition) is 3. The molecule has 26 heavy (non-hydrogen) atoms. The van der Waals surface area contributed by atoms with E-state index in [1.54, 1.807) is 24.3 Å². The number of fused-ring (bicyclic) bond motifs is 1. The van der Waals surface area contributed by atoms with Crippen molar-refractivity contribution in [3.63, 3.8) is 0 Å². The number of nitrogens with one attached hydrogen (secondary N) is 1. The van der Waals surface area contributed by atoms with Crippen molar-refractivity contribution in [3.05, 3.63) is 82.4 Å². The molecule has 132 valence electrons. The molecule has 1 aromatic heterocycles. The van der Waals surface area contributed by atoms with Gasteiger partial charge in [0.05, 0.1) is 10.9 Å². The van der Waals surface area contributed by atoms with Crippen LogP contribution in [0.25, 0.3) is 17.0 Å². The minimum Gasteiger partial charge on any atom is -0.268 e. The van der Waals surface area contributed by atoms with Crippen LogP contribution in [0.4, 0.5) is 0 Å². The molecule has 3 aromatic rings. The van der Waals surface area contributed by atoms with Gasteiger partial charge in [-0.15, -0.1) is 0 Å². The number of nitrogens with zero attached hydrogens (tertiary/aromatic N) is 2. The maximum Gasteiger partial charge on any atom is 0.280 e. The lowest BCUT2D eigenvalue weighted by Gasteiger charge is -2.18. The second-order valence-electron chi connectivity index (χ2n) is 7.12. The van der Waals surface area contributed by atoms with Gasteiger partial charge in [-0.2, -0.15) is 0 Å². The largest absolute Gasteiger partial charge is 0.280 e. The predicted octanol–water partition coefficient (Wildman–Crippen LogP) is 3.48. The highest BCUT2D eigenvalue weighted by Crippen LogP contribution is 2.22. The first-order valence-corrected chi connectivity index (χ1v) is 8.40. The van der Waals surface area contributed by atoms with Crippen molar-refractivity contribution in [1.82, 2.24) is 9.66 Å². The summed E-state index contributed by atoms with van der Waals surface area (Å²) in [7, 11) is 0. The van der Waals surface area contributed by atoms with E-state index < -0.39 is 5.91 Å². The van der Waals surface area contributed by atoms with Gasteiger partial charge in [-0.1, -0.05) is 57.2 Å². The van der Waals surface area contributed by atoms with Crippen LogP contribution in [0.3, 0.4) is 0 Å². The third kappa shape index (κ3) is 3.88. The number of aromatic nitrogens is 2. The lowest BCUT2D eigenvalue weighted by Crippen LogP contribution is -2.32. The molecule has 1 heterocycles. The van der Waals surface area contributed by atoms with Crippen LogP contribution >= 0.6 is 0 Å². The van der Waals surface area contributed by atoms with E-state index in [1.165, 1.54) is 18.0 Å². The first-order valence-electron chi connectivity index (χ1n) is 8.40. The Morgan fingerprint density at radius 3 is 2.46 bits per heavy atom. The molecule has 0 saturated heterocycles. The van der Waals surface area contributed by atoms with Crippen molar-refractivity contribution in [2.24, 2.45) is 0 Å². The Morgan fingerprint density at radius 2 is 1.77 bits per heavy atom. The van der Waals surface area contributed by atoms with Gasteiger partial charge < -0.3 is 0 Å². The van der Waals surface area contributed by atoms with Crippen LogP contribution in [0.15, 0.2) is 65.7 Å². The molecule has 0 fully saturated rings. The van der Waals surface area contributed by atoms with E-state index in [4.69, 9.17) is 0 Å². The van der Waals surface area contributed by atoms with E-state index in [0.717, 1.165) is 10.2 Å². The summed E-state index contributed by atoms with van der Waals surface area (Å²) < 4.78 is 1.09. The monoisotopic (exact) mass is 347 g/mol. The van der Waals surface area contributed by atoms with Gasteiger partial charge in [-0.05, 0) is 34.8 Å². The highest BCUT2D eigenvalue weighted by Gasteiger charge is 2.12. The molecule has 0 bridgehead atoms. The molecule has 0 radical (unpaired) electrons. The number of para-hydroxylation sites is 1. The van der Waals surface area contributed by atoms with Gasteiger partial charge in [0.2, 0.25) is 0 Å². The highest BCUT2D eigenvalue weighted by atomic mass is 16.2. The molecular formula is C21H21N3O2. The molecule has 0 atom stereocenters. The Balaban J connectivity index is 1.74. The highest BCUT2D eigenvalue weighted by molar-refractivity contribution is 5.97. The second kappa shape index (κ2) is 6.96. The van der Waals surface area contributed by atoms with Crippen LogP contribution in [0.2, 0.25) is 0 Å². The molecular weight excluding hydrogens is 326 g/mol. The molecule has 3 rings (SSSR count). The first-order chi connectivity index (χ1) is 12.3. The van der Waals surface area contributed by atoms with Crippen LogP contribution in [0.5, 0.6) is 0 Å². The summed E-state index contributed by atoms with van der Waals surface area (Å²) in [5.41, 5.74) is 5.04. The Labute approximate surface area is 152 Å². The minimum atomic E-state index is -0.399. The van der Waals surface area contributed by atoms with E-state index in [2.05, 4.69) is 43.3 Å². The van der Waals surface area contributed by atoms with Crippen LogP contribution in [-0.2, 0) is 10.2 Å². The number of carbonyl (C=O) groups excluding carboxylic acids is 1. The lowest BCUT2D eigenvalue weighted by atomic mass is 9.87. The minimum absolute atomic E-state index is 0.0872. The summed E-state index contributed by atoms with van der Waals surface area (Å²) in [5.74, 6) is -0.399. The molecule has 0 aliphatic carbocycles. The lowest BCUT2D eigenvalue weighted by molar-refractivity contribution is -0.112. The number of carbonyl (C=O) groups is 1. The molecule has 5 nitrogen and oxygen atoms in total. The van der Waals surface area contributed by atoms with E-state index >= 15 is 0 Å². The van der Waals surface area contributed by atoms with Crippen molar-refractivity contribution < 1.29 is 4.79 Å². The van der Waals surface area contributed by atoms with Crippen molar-refractivity contribution in [1.29, 1.82) is 0 Å². The Kier molecular flexibility index (Phi) is 4.71. The van der Waals surface area contributed by atoms with Crippen LogP contribution in [-0.4, -0.2) is 15.6 Å². The number of amides is 1. The molecule has 0 spiro atoms. The summed E-state index contributed by atoms with van der Waals surface area (Å²) in [6, 6.07) is 15.0. The fourth-order valence-electron chi connectivity index (χ4n) is 2.57. The number of hydrogen-bond donors (Lipinski definition) is 1. The van der Waals surface area contributed by atoms with Gasteiger partial charge in [0, 0.05) is 6.08 Å². The summed E-state index contributed by atoms with van der Waals surface area (Å²) in [5, 5.41) is 0.456. The van der Waals surface area contributed by atoms with Gasteiger partial charge in [0.15, 0.2) is 0 Å². The Morgan fingerprint density at radius 1 is 1.08 bits per heavy atom. The zero-order valence-electron chi connectivity index (χ0n) is 15.1. The predicted molar refractivity (Wildman–Crippen MR) is 105 cm³/mol. The van der Waals surface area contributed by atoms with Crippen molar-refractivity contribution in [2.75, 3.05) is 5.43 Å². The van der Waals surface area contributed by atoms with Crippen LogP contribution in [0, 0.1) is 0 Å². The average Bonchev–Trinajstić information content (AvgIpc) is 2.62. The normalized spacial score (nSPS) is 11.8. The van der Waals surface area contributed by atoms with Crippen molar-refractivity contribution in [3.8, 4) is 0 Å². The first kappa shape index (κ1) is 17.6. The van der Waals surface area contributed by atoms with Crippen LogP contribution < -0.4 is 11.0 Å². The summed E-state index contributed by atoms with van der Waals surface area (Å²) >= 11 is 0. The van der Waals surface area contributed by atoms with Crippen LogP contribution in [0.1, 0.15) is 31.9 Å². The zero-order valence-corrected chi connectivity index (χ0v) is 15.1. The third-order valence-corrected chi connectivity index (χ3v) is 4.10. The van der Waals surface area contributed by atoms with Crippen molar-refractivity contribution in [2.45, 2.75) is 26.2 Å². The van der Waals surface area contributed by atoms with E-state index in [1.807, 2.05) is 18.2 Å². The van der Waals surface area contributed by atoms with Gasteiger partial charge in [-0.3, -0.25) is 15.0 Å². The maximum absolute atomic E-state index is 12.4. The van der Waals surface area contributed by atoms with E-state index in [-0.39, 0.29) is 11.0 Å². The van der Waals surface area contributed by atoms with E-state index in [0.29, 0.717) is 10.9 Å². The molecule has 1 N–H and O–H groups in total. The van der Waals surface area contributed by atoms with Crippen molar-refractivity contribution >= 4 is 22.9 Å². The number of rotatable bonds is 3. The molecule has 0 aliphatic rings. The summed E-state index contributed by atoms with van der Waals surface area (Å²) in [6.07, 6.45) is 4.42. The standard InChI is InChI=1S/C21H21N3O2/c1-21(2,3)16-11-8-15(9-12-16)10-13-19(25)23-24-14-22-18-7-5-4-6-17(18)20(24)26/h4-14H,1-3H3,(H,23,25)/b13-10+.